The molecule has 0 aliphatic heterocycles. The number of aryl methyl sites for hydroxylation is 2. The molecule has 3 nitrogen and oxygen atoms in total. The summed E-state index contributed by atoms with van der Waals surface area (Å²) < 4.78 is 2.03. The Bertz CT molecular complexity index is 315. The molecule has 0 atom stereocenters. The van der Waals surface area contributed by atoms with Crippen molar-refractivity contribution in [3.63, 3.8) is 0 Å². The Balaban J connectivity index is 2.33. The second-order valence-electron chi connectivity index (χ2n) is 4.09. The fourth-order valence-electron chi connectivity index (χ4n) is 2.37. The Hall–Kier alpha value is -0.830. The van der Waals surface area contributed by atoms with Gasteiger partial charge in [-0.05, 0) is 37.8 Å². The summed E-state index contributed by atoms with van der Waals surface area (Å²) in [5.74, 6) is 0. The monoisotopic (exact) mass is 193 g/mol. The van der Waals surface area contributed by atoms with Crippen LogP contribution in [0, 0.1) is 0 Å². The van der Waals surface area contributed by atoms with Crippen LogP contribution < -0.4 is 5.73 Å². The van der Waals surface area contributed by atoms with E-state index in [1.807, 2.05) is 11.7 Å². The lowest BCUT2D eigenvalue weighted by Gasteiger charge is -2.03. The van der Waals surface area contributed by atoms with Crippen LogP contribution in [0.4, 0.5) is 0 Å². The summed E-state index contributed by atoms with van der Waals surface area (Å²) in [5, 5.41) is 4.59. The third kappa shape index (κ3) is 1.69. The molecule has 0 amide bonds. The minimum atomic E-state index is 0.728. The number of nitrogens with two attached hydrogens (primary N) is 1. The van der Waals surface area contributed by atoms with Crippen LogP contribution in [0.1, 0.15) is 36.2 Å². The number of hydrogen-bond acceptors (Lipinski definition) is 2. The third-order valence-electron chi connectivity index (χ3n) is 3.08. The summed E-state index contributed by atoms with van der Waals surface area (Å²) >= 11 is 0. The van der Waals surface area contributed by atoms with Crippen molar-refractivity contribution < 1.29 is 0 Å². The first kappa shape index (κ1) is 9.71. The molecule has 14 heavy (non-hydrogen) atoms. The topological polar surface area (TPSA) is 43.8 Å². The van der Waals surface area contributed by atoms with Crippen LogP contribution in [0.15, 0.2) is 0 Å². The van der Waals surface area contributed by atoms with Crippen LogP contribution in [-0.4, -0.2) is 16.3 Å². The highest BCUT2D eigenvalue weighted by atomic mass is 15.3. The van der Waals surface area contributed by atoms with E-state index < -0.39 is 0 Å². The average molecular weight is 193 g/mol. The van der Waals surface area contributed by atoms with Gasteiger partial charge in [0, 0.05) is 19.2 Å². The quantitative estimate of drug-likeness (QED) is 0.717. The van der Waals surface area contributed by atoms with Gasteiger partial charge >= 0.3 is 0 Å². The Kier molecular flexibility index (Phi) is 2.87. The van der Waals surface area contributed by atoms with Crippen LogP contribution in [0.2, 0.25) is 0 Å². The van der Waals surface area contributed by atoms with E-state index in [1.165, 1.54) is 42.6 Å². The van der Waals surface area contributed by atoms with Gasteiger partial charge in [-0.15, -0.1) is 0 Å². The summed E-state index contributed by atoms with van der Waals surface area (Å²) in [6.07, 6.45) is 7.30. The molecule has 0 saturated heterocycles. The first-order valence-corrected chi connectivity index (χ1v) is 5.56. The van der Waals surface area contributed by atoms with Crippen LogP contribution in [0.5, 0.6) is 0 Å². The zero-order valence-corrected chi connectivity index (χ0v) is 8.92. The standard InChI is InChI=1S/C11H19N3/c1-14-11(7-8-12)9-5-3-2-4-6-10(9)13-14/h2-8,12H2,1H3. The second-order valence-corrected chi connectivity index (χ2v) is 4.09. The SMILES string of the molecule is Cn1nc2c(c1CCN)CCCCC2. The molecule has 0 aromatic carbocycles. The number of fused-ring (bicyclic) bond motifs is 1. The predicted octanol–water partition coefficient (Wildman–Crippen LogP) is 1.19. The predicted molar refractivity (Wildman–Crippen MR) is 57.2 cm³/mol. The van der Waals surface area contributed by atoms with E-state index in [9.17, 15) is 0 Å². The van der Waals surface area contributed by atoms with Crippen LogP contribution >= 0.6 is 0 Å². The Morgan fingerprint density at radius 3 is 2.86 bits per heavy atom. The van der Waals surface area contributed by atoms with Crippen molar-refractivity contribution in [2.75, 3.05) is 6.54 Å². The maximum absolute atomic E-state index is 5.62. The highest BCUT2D eigenvalue weighted by Crippen LogP contribution is 2.22. The van der Waals surface area contributed by atoms with E-state index in [-0.39, 0.29) is 0 Å². The maximum Gasteiger partial charge on any atom is 0.0659 e. The molecular formula is C11H19N3. The van der Waals surface area contributed by atoms with Gasteiger partial charge in [0.05, 0.1) is 5.69 Å². The lowest BCUT2D eigenvalue weighted by molar-refractivity contribution is 0.654. The maximum atomic E-state index is 5.62. The number of nitrogens with zero attached hydrogens (tertiary/aromatic N) is 2. The van der Waals surface area contributed by atoms with Crippen LogP contribution in [0.25, 0.3) is 0 Å². The minimum absolute atomic E-state index is 0.728. The molecule has 0 fully saturated rings. The van der Waals surface area contributed by atoms with Gasteiger partial charge in [-0.1, -0.05) is 6.42 Å². The fourth-order valence-corrected chi connectivity index (χ4v) is 2.37. The van der Waals surface area contributed by atoms with Crippen molar-refractivity contribution in [1.82, 2.24) is 9.78 Å². The summed E-state index contributed by atoms with van der Waals surface area (Å²) in [5.41, 5.74) is 9.81. The van der Waals surface area contributed by atoms with Gasteiger partial charge in [0.15, 0.2) is 0 Å². The zero-order valence-electron chi connectivity index (χ0n) is 8.92. The van der Waals surface area contributed by atoms with Crippen molar-refractivity contribution in [2.24, 2.45) is 12.8 Å². The van der Waals surface area contributed by atoms with E-state index in [4.69, 9.17) is 5.73 Å². The van der Waals surface area contributed by atoms with E-state index in [0.717, 1.165) is 19.4 Å². The molecule has 0 radical (unpaired) electrons. The summed E-state index contributed by atoms with van der Waals surface area (Å²) in [4.78, 5) is 0. The fraction of sp³-hybridized carbons (Fsp3) is 0.727. The van der Waals surface area contributed by atoms with Crippen LogP contribution in [-0.2, 0) is 26.3 Å². The lowest BCUT2D eigenvalue weighted by Crippen LogP contribution is -2.09. The molecule has 0 spiro atoms. The van der Waals surface area contributed by atoms with Gasteiger partial charge in [0.25, 0.3) is 0 Å². The highest BCUT2D eigenvalue weighted by Gasteiger charge is 2.16. The molecule has 0 bridgehead atoms. The van der Waals surface area contributed by atoms with Gasteiger partial charge in [0.1, 0.15) is 0 Å². The smallest absolute Gasteiger partial charge is 0.0659 e. The highest BCUT2D eigenvalue weighted by molar-refractivity contribution is 5.28. The van der Waals surface area contributed by atoms with Crippen molar-refractivity contribution in [2.45, 2.75) is 38.5 Å². The second kappa shape index (κ2) is 4.13. The van der Waals surface area contributed by atoms with Gasteiger partial charge in [-0.25, -0.2) is 0 Å². The Morgan fingerprint density at radius 2 is 2.07 bits per heavy atom. The molecule has 78 valence electrons. The molecule has 1 heterocycles. The lowest BCUT2D eigenvalue weighted by atomic mass is 10.1. The van der Waals surface area contributed by atoms with Crippen LogP contribution in [0.3, 0.4) is 0 Å². The molecular weight excluding hydrogens is 174 g/mol. The summed E-state index contributed by atoms with van der Waals surface area (Å²) in [6, 6.07) is 0. The summed E-state index contributed by atoms with van der Waals surface area (Å²) in [6.45, 7) is 0.728. The molecule has 0 saturated carbocycles. The van der Waals surface area contributed by atoms with E-state index >= 15 is 0 Å². The molecule has 1 aliphatic rings. The minimum Gasteiger partial charge on any atom is -0.330 e. The van der Waals surface area contributed by atoms with Crippen molar-refractivity contribution in [3.8, 4) is 0 Å². The van der Waals surface area contributed by atoms with Gasteiger partial charge in [-0.3, -0.25) is 4.68 Å². The van der Waals surface area contributed by atoms with E-state index in [2.05, 4.69) is 5.10 Å². The van der Waals surface area contributed by atoms with Gasteiger partial charge in [-0.2, -0.15) is 5.10 Å². The number of hydrogen-bond donors (Lipinski definition) is 1. The summed E-state index contributed by atoms with van der Waals surface area (Å²) in [7, 11) is 2.04. The third-order valence-corrected chi connectivity index (χ3v) is 3.08. The Morgan fingerprint density at radius 1 is 1.29 bits per heavy atom. The first-order valence-electron chi connectivity index (χ1n) is 5.56. The largest absolute Gasteiger partial charge is 0.330 e. The first-order chi connectivity index (χ1) is 6.83. The molecule has 1 aliphatic carbocycles. The number of rotatable bonds is 2. The molecule has 3 heteroatoms. The van der Waals surface area contributed by atoms with E-state index in [0.29, 0.717) is 0 Å². The number of aromatic nitrogens is 2. The van der Waals surface area contributed by atoms with Crippen molar-refractivity contribution >= 4 is 0 Å². The van der Waals surface area contributed by atoms with E-state index in [1.54, 1.807) is 0 Å². The molecule has 1 aromatic rings. The Labute approximate surface area is 85.3 Å². The molecule has 2 N–H and O–H groups in total. The normalized spacial score (nSPS) is 16.4. The molecule has 0 unspecified atom stereocenters. The molecule has 1 aromatic heterocycles. The zero-order chi connectivity index (χ0) is 9.97. The van der Waals surface area contributed by atoms with Gasteiger partial charge in [0.2, 0.25) is 0 Å². The van der Waals surface area contributed by atoms with Crippen molar-refractivity contribution in [3.05, 3.63) is 17.0 Å². The van der Waals surface area contributed by atoms with Crippen molar-refractivity contribution in [1.29, 1.82) is 0 Å². The molecule has 2 rings (SSSR count). The van der Waals surface area contributed by atoms with Gasteiger partial charge < -0.3 is 5.73 Å². The average Bonchev–Trinajstić information content (AvgIpc) is 2.39.